The average molecular weight is 379 g/mol. The lowest BCUT2D eigenvalue weighted by atomic mass is 9.93. The van der Waals surface area contributed by atoms with Crippen molar-refractivity contribution in [3.63, 3.8) is 0 Å². The standard InChI is InChI=1S/C21H25N5O2/c1-15-18-14-17(28-2)9-8-16(18)10-13-25(15)21(27)22-11-5-7-20-24-23-19-6-3-4-12-26(19)20/h3-4,6,8-9,12,14-15H,5,7,10-11,13H2,1-2H3,(H,22,27)/t15-/m0/s1. The molecule has 7 nitrogen and oxygen atoms in total. The first-order valence-corrected chi connectivity index (χ1v) is 9.67. The van der Waals surface area contributed by atoms with Crippen LogP contribution in [0.2, 0.25) is 0 Å². The Balaban J connectivity index is 1.32. The van der Waals surface area contributed by atoms with Crippen LogP contribution in [0, 0.1) is 0 Å². The summed E-state index contributed by atoms with van der Waals surface area (Å²) in [7, 11) is 1.66. The third-order valence-electron chi connectivity index (χ3n) is 5.39. The minimum Gasteiger partial charge on any atom is -0.497 e. The number of amides is 2. The van der Waals surface area contributed by atoms with Gasteiger partial charge in [-0.15, -0.1) is 10.2 Å². The van der Waals surface area contributed by atoms with Crippen molar-refractivity contribution in [3.05, 3.63) is 59.5 Å². The average Bonchev–Trinajstić information content (AvgIpc) is 3.14. The molecule has 2 aromatic heterocycles. The molecule has 3 aromatic rings. The molecule has 0 saturated heterocycles. The fourth-order valence-electron chi connectivity index (χ4n) is 3.80. The molecule has 0 bridgehead atoms. The van der Waals surface area contributed by atoms with Crippen LogP contribution in [0.4, 0.5) is 4.79 Å². The van der Waals surface area contributed by atoms with Gasteiger partial charge in [0.1, 0.15) is 11.6 Å². The lowest BCUT2D eigenvalue weighted by Crippen LogP contribution is -2.45. The smallest absolute Gasteiger partial charge is 0.317 e. The van der Waals surface area contributed by atoms with Gasteiger partial charge >= 0.3 is 6.03 Å². The van der Waals surface area contributed by atoms with E-state index in [1.807, 2.05) is 45.8 Å². The highest BCUT2D eigenvalue weighted by atomic mass is 16.5. The Morgan fingerprint density at radius 2 is 2.18 bits per heavy atom. The predicted octanol–water partition coefficient (Wildman–Crippen LogP) is 3.00. The number of carbonyl (C=O) groups is 1. The van der Waals surface area contributed by atoms with E-state index in [2.05, 4.69) is 28.5 Å². The van der Waals surface area contributed by atoms with Crippen LogP contribution in [0.15, 0.2) is 42.6 Å². The zero-order chi connectivity index (χ0) is 19.5. The predicted molar refractivity (Wildman–Crippen MR) is 107 cm³/mol. The summed E-state index contributed by atoms with van der Waals surface area (Å²) < 4.78 is 7.32. The number of urea groups is 1. The number of ether oxygens (including phenoxy) is 1. The fourth-order valence-corrected chi connectivity index (χ4v) is 3.80. The van der Waals surface area contributed by atoms with Gasteiger partial charge in [0.2, 0.25) is 0 Å². The maximum Gasteiger partial charge on any atom is 0.317 e. The van der Waals surface area contributed by atoms with E-state index >= 15 is 0 Å². The molecule has 0 aliphatic carbocycles. The van der Waals surface area contributed by atoms with Gasteiger partial charge in [0.25, 0.3) is 0 Å². The molecule has 1 aliphatic rings. The maximum absolute atomic E-state index is 12.7. The second-order valence-corrected chi connectivity index (χ2v) is 7.06. The van der Waals surface area contributed by atoms with E-state index in [1.165, 1.54) is 5.56 Å². The summed E-state index contributed by atoms with van der Waals surface area (Å²) in [4.78, 5) is 14.6. The van der Waals surface area contributed by atoms with E-state index in [4.69, 9.17) is 4.74 Å². The minimum atomic E-state index is -0.0212. The highest BCUT2D eigenvalue weighted by Gasteiger charge is 2.27. The fraction of sp³-hybridized carbons (Fsp3) is 0.381. The lowest BCUT2D eigenvalue weighted by Gasteiger charge is -2.35. The van der Waals surface area contributed by atoms with E-state index in [-0.39, 0.29) is 12.1 Å². The van der Waals surface area contributed by atoms with E-state index < -0.39 is 0 Å². The number of benzene rings is 1. The van der Waals surface area contributed by atoms with Crippen molar-refractivity contribution in [1.29, 1.82) is 0 Å². The van der Waals surface area contributed by atoms with Crippen LogP contribution in [-0.4, -0.2) is 45.7 Å². The summed E-state index contributed by atoms with van der Waals surface area (Å²) in [5.41, 5.74) is 3.30. The van der Waals surface area contributed by atoms with Crippen LogP contribution in [0.25, 0.3) is 5.65 Å². The molecule has 1 atom stereocenters. The normalized spacial score (nSPS) is 16.1. The Morgan fingerprint density at radius 1 is 1.29 bits per heavy atom. The first-order valence-electron chi connectivity index (χ1n) is 9.67. The summed E-state index contributed by atoms with van der Waals surface area (Å²) in [5.74, 6) is 1.74. The first kappa shape index (κ1) is 18.3. The van der Waals surface area contributed by atoms with Gasteiger partial charge < -0.3 is 15.0 Å². The summed E-state index contributed by atoms with van der Waals surface area (Å²) in [5, 5.41) is 11.4. The van der Waals surface area contributed by atoms with Gasteiger partial charge in [-0.25, -0.2) is 4.79 Å². The Kier molecular flexibility index (Phi) is 5.14. The van der Waals surface area contributed by atoms with Crippen LogP contribution in [0.5, 0.6) is 5.75 Å². The molecule has 1 aromatic carbocycles. The molecule has 0 spiro atoms. The van der Waals surface area contributed by atoms with Crippen molar-refractivity contribution >= 4 is 11.7 Å². The van der Waals surface area contributed by atoms with Crippen molar-refractivity contribution < 1.29 is 9.53 Å². The van der Waals surface area contributed by atoms with Crippen molar-refractivity contribution in [2.45, 2.75) is 32.2 Å². The number of carbonyl (C=O) groups excluding carboxylic acids is 1. The first-order chi connectivity index (χ1) is 13.7. The van der Waals surface area contributed by atoms with Crippen LogP contribution >= 0.6 is 0 Å². The number of nitrogens with zero attached hydrogens (tertiary/aromatic N) is 4. The molecule has 0 fully saturated rings. The molecule has 2 amide bonds. The second-order valence-electron chi connectivity index (χ2n) is 7.06. The number of fused-ring (bicyclic) bond motifs is 2. The zero-order valence-electron chi connectivity index (χ0n) is 16.3. The third-order valence-corrected chi connectivity index (χ3v) is 5.39. The van der Waals surface area contributed by atoms with Gasteiger partial charge in [-0.05, 0) is 55.2 Å². The molecule has 0 saturated carbocycles. The number of methoxy groups -OCH3 is 1. The molecular weight excluding hydrogens is 354 g/mol. The van der Waals surface area contributed by atoms with E-state index in [9.17, 15) is 4.79 Å². The molecule has 28 heavy (non-hydrogen) atoms. The van der Waals surface area contributed by atoms with Crippen LogP contribution < -0.4 is 10.1 Å². The molecule has 7 heteroatoms. The van der Waals surface area contributed by atoms with E-state index in [0.717, 1.165) is 48.6 Å². The van der Waals surface area contributed by atoms with Gasteiger partial charge in [-0.1, -0.05) is 12.1 Å². The lowest BCUT2D eigenvalue weighted by molar-refractivity contribution is 0.174. The molecule has 0 radical (unpaired) electrons. The van der Waals surface area contributed by atoms with E-state index in [0.29, 0.717) is 6.54 Å². The number of nitrogens with one attached hydrogen (secondary N) is 1. The molecule has 3 heterocycles. The summed E-state index contributed by atoms with van der Waals surface area (Å²) in [6.45, 7) is 3.40. The Morgan fingerprint density at radius 3 is 3.04 bits per heavy atom. The van der Waals surface area contributed by atoms with Gasteiger partial charge in [0.05, 0.1) is 13.2 Å². The summed E-state index contributed by atoms with van der Waals surface area (Å²) in [6.07, 6.45) is 4.41. The van der Waals surface area contributed by atoms with Gasteiger partial charge in [0, 0.05) is 25.7 Å². The highest BCUT2D eigenvalue weighted by molar-refractivity contribution is 5.75. The van der Waals surface area contributed by atoms with Crippen LogP contribution in [0.1, 0.15) is 36.3 Å². The van der Waals surface area contributed by atoms with Gasteiger partial charge in [-0.3, -0.25) is 4.40 Å². The topological polar surface area (TPSA) is 71.8 Å². The number of pyridine rings is 1. The number of aromatic nitrogens is 3. The third kappa shape index (κ3) is 3.52. The van der Waals surface area contributed by atoms with Crippen molar-refractivity contribution in [1.82, 2.24) is 24.8 Å². The zero-order valence-corrected chi connectivity index (χ0v) is 16.3. The monoisotopic (exact) mass is 379 g/mol. The summed E-state index contributed by atoms with van der Waals surface area (Å²) in [6, 6.07) is 12.0. The maximum atomic E-state index is 12.7. The number of hydrogen-bond acceptors (Lipinski definition) is 4. The second kappa shape index (κ2) is 7.88. The summed E-state index contributed by atoms with van der Waals surface area (Å²) >= 11 is 0. The molecule has 1 aliphatic heterocycles. The number of hydrogen-bond donors (Lipinski definition) is 1. The van der Waals surface area contributed by atoms with Gasteiger partial charge in [-0.2, -0.15) is 0 Å². The molecule has 0 unspecified atom stereocenters. The molecular formula is C21H25N5O2. The Bertz CT molecular complexity index is 984. The number of aryl methyl sites for hydroxylation is 1. The molecule has 4 rings (SSSR count). The Labute approximate surface area is 164 Å². The SMILES string of the molecule is COc1ccc2c(c1)[C@H](C)N(C(=O)NCCCc1nnc3ccccn13)CC2. The minimum absolute atomic E-state index is 0.0212. The molecule has 1 N–H and O–H groups in total. The molecule has 146 valence electrons. The van der Waals surface area contributed by atoms with Crippen LogP contribution in [-0.2, 0) is 12.8 Å². The van der Waals surface area contributed by atoms with Gasteiger partial charge in [0.15, 0.2) is 5.65 Å². The van der Waals surface area contributed by atoms with Crippen molar-refractivity contribution in [3.8, 4) is 5.75 Å². The highest BCUT2D eigenvalue weighted by Crippen LogP contribution is 2.32. The van der Waals surface area contributed by atoms with Crippen molar-refractivity contribution in [2.24, 2.45) is 0 Å². The largest absolute Gasteiger partial charge is 0.497 e. The number of rotatable bonds is 5. The van der Waals surface area contributed by atoms with E-state index in [1.54, 1.807) is 7.11 Å². The van der Waals surface area contributed by atoms with Crippen molar-refractivity contribution in [2.75, 3.05) is 20.2 Å². The quantitative estimate of drug-likeness (QED) is 0.692. The van der Waals surface area contributed by atoms with Crippen LogP contribution in [0.3, 0.4) is 0 Å². The Hall–Kier alpha value is -3.09.